The summed E-state index contributed by atoms with van der Waals surface area (Å²) in [5.41, 5.74) is -3.52. The molecule has 10 heteroatoms. The van der Waals surface area contributed by atoms with Crippen molar-refractivity contribution in [3.05, 3.63) is 29.3 Å². The van der Waals surface area contributed by atoms with Gasteiger partial charge in [-0.15, -0.1) is 0 Å². The number of carbonyl (C=O) groups is 1. The molecule has 0 bridgehead atoms. The molecule has 0 unspecified atom stereocenters. The lowest BCUT2D eigenvalue weighted by molar-refractivity contribution is -0.143. The van der Waals surface area contributed by atoms with Crippen molar-refractivity contribution in [3.8, 4) is 0 Å². The van der Waals surface area contributed by atoms with Gasteiger partial charge in [-0.3, -0.25) is 4.90 Å². The number of hydrogen-bond donors (Lipinski definition) is 2. The van der Waals surface area contributed by atoms with Gasteiger partial charge in [0.15, 0.2) is 0 Å². The second-order valence-electron chi connectivity index (χ2n) is 6.82. The van der Waals surface area contributed by atoms with Crippen molar-refractivity contribution < 1.29 is 31.1 Å². The average Bonchev–Trinajstić information content (AvgIpc) is 2.53. The van der Waals surface area contributed by atoms with Crippen molar-refractivity contribution in [2.45, 2.75) is 51.1 Å². The number of urea groups is 1. The molecule has 1 aromatic carbocycles. The van der Waals surface area contributed by atoms with E-state index in [-0.39, 0.29) is 18.2 Å². The molecule has 2 N–H and O–H groups in total. The molecule has 0 radical (unpaired) electrons. The molecule has 1 heterocycles. The SMILES string of the molecule is CC(C)N1CCC[C@@H](NC(=O)Nc2cc(C(F)(F)F)cc(C(F)(F)F)c2)C1. The molecule has 1 aromatic rings. The number of alkyl halides is 6. The Morgan fingerprint density at radius 2 is 1.63 bits per heavy atom. The van der Waals surface area contributed by atoms with Crippen LogP contribution in [-0.2, 0) is 12.4 Å². The number of nitrogens with zero attached hydrogens (tertiary/aromatic N) is 1. The lowest BCUT2D eigenvalue weighted by Gasteiger charge is -2.35. The number of benzene rings is 1. The number of piperidine rings is 1. The van der Waals surface area contributed by atoms with Crippen molar-refractivity contribution in [3.63, 3.8) is 0 Å². The van der Waals surface area contributed by atoms with Crippen molar-refractivity contribution in [1.82, 2.24) is 10.2 Å². The maximum atomic E-state index is 12.9. The summed E-state index contributed by atoms with van der Waals surface area (Å²) < 4.78 is 77.2. The molecule has 2 rings (SSSR count). The summed E-state index contributed by atoms with van der Waals surface area (Å²) in [5.74, 6) is 0. The highest BCUT2D eigenvalue weighted by atomic mass is 19.4. The zero-order valence-electron chi connectivity index (χ0n) is 14.8. The molecule has 1 aliphatic heterocycles. The van der Waals surface area contributed by atoms with Crippen molar-refractivity contribution in [2.24, 2.45) is 0 Å². The van der Waals surface area contributed by atoms with E-state index in [9.17, 15) is 31.1 Å². The molecular formula is C17H21F6N3O. The number of likely N-dealkylation sites (tertiary alicyclic amines) is 1. The van der Waals surface area contributed by atoms with Crippen LogP contribution in [-0.4, -0.2) is 36.1 Å². The number of nitrogens with one attached hydrogen (secondary N) is 2. The van der Waals surface area contributed by atoms with Crippen LogP contribution in [0.4, 0.5) is 36.8 Å². The average molecular weight is 397 g/mol. The summed E-state index contributed by atoms with van der Waals surface area (Å²) in [6.07, 6.45) is -8.40. The maximum Gasteiger partial charge on any atom is 0.416 e. The van der Waals surface area contributed by atoms with E-state index in [1.165, 1.54) is 0 Å². The second kappa shape index (κ2) is 7.95. The monoisotopic (exact) mass is 397 g/mol. The van der Waals surface area contributed by atoms with Crippen LogP contribution in [0.25, 0.3) is 0 Å². The Morgan fingerprint density at radius 3 is 2.11 bits per heavy atom. The maximum absolute atomic E-state index is 12.9. The van der Waals surface area contributed by atoms with Gasteiger partial charge in [0.2, 0.25) is 0 Å². The van der Waals surface area contributed by atoms with Crippen LogP contribution in [0.1, 0.15) is 37.8 Å². The lowest BCUT2D eigenvalue weighted by Crippen LogP contribution is -2.50. The van der Waals surface area contributed by atoms with Gasteiger partial charge in [-0.1, -0.05) is 0 Å². The lowest BCUT2D eigenvalue weighted by atomic mass is 10.0. The third kappa shape index (κ3) is 6.02. The zero-order valence-corrected chi connectivity index (χ0v) is 14.8. The van der Waals surface area contributed by atoms with Crippen LogP contribution in [0.2, 0.25) is 0 Å². The van der Waals surface area contributed by atoms with Crippen LogP contribution in [0.3, 0.4) is 0 Å². The molecule has 2 amide bonds. The highest BCUT2D eigenvalue weighted by Gasteiger charge is 2.37. The van der Waals surface area contributed by atoms with Crippen LogP contribution in [0.5, 0.6) is 0 Å². The van der Waals surface area contributed by atoms with E-state index in [0.717, 1.165) is 13.0 Å². The quantitative estimate of drug-likeness (QED) is 0.725. The zero-order chi connectivity index (χ0) is 20.4. The first-order chi connectivity index (χ1) is 12.4. The number of rotatable bonds is 3. The molecule has 152 valence electrons. The fraction of sp³-hybridized carbons (Fsp3) is 0.588. The fourth-order valence-electron chi connectivity index (χ4n) is 2.97. The van der Waals surface area contributed by atoms with Crippen LogP contribution >= 0.6 is 0 Å². The molecule has 0 spiro atoms. The number of anilines is 1. The van der Waals surface area contributed by atoms with Crippen molar-refractivity contribution in [1.29, 1.82) is 0 Å². The van der Waals surface area contributed by atoms with Gasteiger partial charge in [0, 0.05) is 24.3 Å². The Bertz CT molecular complexity index is 639. The summed E-state index contributed by atoms with van der Waals surface area (Å²) in [6, 6.07) is 0.194. The van der Waals surface area contributed by atoms with Crippen LogP contribution in [0, 0.1) is 0 Å². The minimum Gasteiger partial charge on any atom is -0.334 e. The van der Waals surface area contributed by atoms with Crippen LogP contribution in [0.15, 0.2) is 18.2 Å². The Balaban J connectivity index is 2.12. The molecular weight excluding hydrogens is 376 g/mol. The Kier molecular flexibility index (Phi) is 6.28. The van der Waals surface area contributed by atoms with E-state index < -0.39 is 35.2 Å². The normalized spacial score (nSPS) is 19.2. The van der Waals surface area contributed by atoms with E-state index in [4.69, 9.17) is 0 Å². The molecule has 1 aliphatic rings. The third-order valence-electron chi connectivity index (χ3n) is 4.36. The molecule has 0 aliphatic carbocycles. The van der Waals surface area contributed by atoms with Crippen molar-refractivity contribution in [2.75, 3.05) is 18.4 Å². The summed E-state index contributed by atoms with van der Waals surface area (Å²) in [6.45, 7) is 5.45. The van der Waals surface area contributed by atoms with Gasteiger partial charge in [-0.2, -0.15) is 26.3 Å². The summed E-state index contributed by atoms with van der Waals surface area (Å²) >= 11 is 0. The first-order valence-corrected chi connectivity index (χ1v) is 8.47. The van der Waals surface area contributed by atoms with Gasteiger partial charge in [0.1, 0.15) is 0 Å². The smallest absolute Gasteiger partial charge is 0.334 e. The summed E-state index contributed by atoms with van der Waals surface area (Å²) in [5, 5.41) is 4.70. The number of halogens is 6. The molecule has 1 fully saturated rings. The van der Waals surface area contributed by atoms with E-state index in [1.54, 1.807) is 0 Å². The van der Waals surface area contributed by atoms with Gasteiger partial charge in [0.25, 0.3) is 0 Å². The molecule has 1 saturated heterocycles. The van der Waals surface area contributed by atoms with Gasteiger partial charge in [-0.25, -0.2) is 4.79 Å². The fourth-order valence-corrected chi connectivity index (χ4v) is 2.97. The Hall–Kier alpha value is -1.97. The highest BCUT2D eigenvalue weighted by Crippen LogP contribution is 2.37. The molecule has 4 nitrogen and oxygen atoms in total. The minimum absolute atomic E-state index is 0.0186. The minimum atomic E-state index is -4.96. The summed E-state index contributed by atoms with van der Waals surface area (Å²) in [4.78, 5) is 14.2. The largest absolute Gasteiger partial charge is 0.416 e. The highest BCUT2D eigenvalue weighted by molar-refractivity contribution is 5.89. The Morgan fingerprint density at radius 1 is 1.07 bits per heavy atom. The van der Waals surface area contributed by atoms with Gasteiger partial charge in [0.05, 0.1) is 11.1 Å². The molecule has 27 heavy (non-hydrogen) atoms. The predicted molar refractivity (Wildman–Crippen MR) is 88.3 cm³/mol. The third-order valence-corrected chi connectivity index (χ3v) is 4.36. The summed E-state index contributed by atoms with van der Waals surface area (Å²) in [7, 11) is 0. The van der Waals surface area contributed by atoms with Gasteiger partial charge >= 0.3 is 18.4 Å². The van der Waals surface area contributed by atoms with Gasteiger partial charge in [-0.05, 0) is 51.4 Å². The Labute approximate surface area is 152 Å². The first-order valence-electron chi connectivity index (χ1n) is 8.47. The van der Waals surface area contributed by atoms with E-state index in [2.05, 4.69) is 15.5 Å². The van der Waals surface area contributed by atoms with Crippen LogP contribution < -0.4 is 10.6 Å². The molecule has 0 aromatic heterocycles. The molecule has 0 saturated carbocycles. The van der Waals surface area contributed by atoms with E-state index >= 15 is 0 Å². The van der Waals surface area contributed by atoms with E-state index in [0.29, 0.717) is 25.1 Å². The molecule has 1 atom stereocenters. The van der Waals surface area contributed by atoms with Crippen molar-refractivity contribution >= 4 is 11.7 Å². The first kappa shape index (κ1) is 21.3. The predicted octanol–water partition coefficient (Wildman–Crippen LogP) is 4.72. The number of amides is 2. The number of carbonyl (C=O) groups excluding carboxylic acids is 1. The standard InChI is InChI=1S/C17H21F6N3O/c1-10(2)26-5-3-4-13(9-26)24-15(27)25-14-7-11(16(18,19)20)6-12(8-14)17(21,22)23/h6-8,10,13H,3-5,9H2,1-2H3,(H2,24,25,27)/t13-/m1/s1. The second-order valence-corrected chi connectivity index (χ2v) is 6.82. The number of hydrogen-bond acceptors (Lipinski definition) is 2. The van der Waals surface area contributed by atoms with Gasteiger partial charge < -0.3 is 10.6 Å². The van der Waals surface area contributed by atoms with E-state index in [1.807, 2.05) is 13.8 Å². The topological polar surface area (TPSA) is 44.4 Å².